The number of ketones is 1. The topological polar surface area (TPSA) is 75.2 Å². The lowest BCUT2D eigenvalue weighted by molar-refractivity contribution is 0.0691. The average Bonchev–Trinajstić information content (AvgIpc) is 3.21. The standard InChI is InChI=1S/C29H28ClN3O3/c1-19(2)17-32(28(35)22-11-9-20(3)10-12-22)18-25(34)26-27(21-7-5-4-6-8-21)31-33(29(26)36)24-15-13-23(30)14-16-24/h4-16,19,31H,17-18H2,1-3H3. The first-order valence-corrected chi connectivity index (χ1v) is 12.2. The fourth-order valence-corrected chi connectivity index (χ4v) is 4.20. The molecule has 0 spiro atoms. The minimum absolute atomic E-state index is 0.0154. The summed E-state index contributed by atoms with van der Waals surface area (Å²) in [5.41, 5.74) is 2.75. The van der Waals surface area contributed by atoms with Gasteiger partial charge in [0.05, 0.1) is 17.9 Å². The Morgan fingerprint density at radius 1 is 0.944 bits per heavy atom. The Kier molecular flexibility index (Phi) is 7.55. The Balaban J connectivity index is 1.75. The lowest BCUT2D eigenvalue weighted by atomic mass is 10.0. The van der Waals surface area contributed by atoms with Gasteiger partial charge in [-0.15, -0.1) is 0 Å². The van der Waals surface area contributed by atoms with E-state index in [-0.39, 0.29) is 23.9 Å². The molecule has 184 valence electrons. The predicted octanol–water partition coefficient (Wildman–Crippen LogP) is 5.78. The number of carbonyl (C=O) groups is 2. The van der Waals surface area contributed by atoms with Crippen LogP contribution in [0, 0.1) is 12.8 Å². The quantitative estimate of drug-likeness (QED) is 0.311. The maximum atomic E-state index is 13.7. The highest BCUT2D eigenvalue weighted by atomic mass is 35.5. The summed E-state index contributed by atoms with van der Waals surface area (Å²) in [6, 6.07) is 23.2. The van der Waals surface area contributed by atoms with Crippen LogP contribution in [0.15, 0.2) is 83.7 Å². The van der Waals surface area contributed by atoms with Crippen molar-refractivity contribution in [3.8, 4) is 16.9 Å². The molecule has 0 fully saturated rings. The van der Waals surface area contributed by atoms with Gasteiger partial charge in [-0.3, -0.25) is 19.5 Å². The number of halogens is 1. The van der Waals surface area contributed by atoms with E-state index in [4.69, 9.17) is 11.6 Å². The van der Waals surface area contributed by atoms with E-state index < -0.39 is 11.3 Å². The normalized spacial score (nSPS) is 11.0. The van der Waals surface area contributed by atoms with Crippen LogP contribution < -0.4 is 5.56 Å². The number of Topliss-reactive ketones (excluding diaryl/α,β-unsaturated/α-hetero) is 1. The number of hydrogen-bond acceptors (Lipinski definition) is 3. The highest BCUT2D eigenvalue weighted by Gasteiger charge is 2.27. The summed E-state index contributed by atoms with van der Waals surface area (Å²) in [5, 5.41) is 3.64. The third-order valence-corrected chi connectivity index (χ3v) is 6.07. The van der Waals surface area contributed by atoms with Gasteiger partial charge in [-0.1, -0.05) is 73.5 Å². The first-order valence-electron chi connectivity index (χ1n) is 11.8. The van der Waals surface area contributed by atoms with Crippen LogP contribution in [0.5, 0.6) is 0 Å². The molecule has 0 saturated heterocycles. The van der Waals surface area contributed by atoms with Gasteiger partial charge in [0.1, 0.15) is 5.56 Å². The molecule has 0 aliphatic carbocycles. The van der Waals surface area contributed by atoms with Crippen LogP contribution in [0.3, 0.4) is 0 Å². The monoisotopic (exact) mass is 501 g/mol. The highest BCUT2D eigenvalue weighted by molar-refractivity contribution is 6.30. The number of benzene rings is 3. The van der Waals surface area contributed by atoms with Gasteiger partial charge < -0.3 is 4.90 Å². The number of carbonyl (C=O) groups excluding carboxylic acids is 2. The first kappa shape index (κ1) is 25.2. The summed E-state index contributed by atoms with van der Waals surface area (Å²) >= 11 is 6.02. The fraction of sp³-hybridized carbons (Fsp3) is 0.207. The van der Waals surface area contributed by atoms with Gasteiger partial charge in [0, 0.05) is 22.7 Å². The smallest absolute Gasteiger partial charge is 0.282 e. The van der Waals surface area contributed by atoms with Gasteiger partial charge in [-0.25, -0.2) is 4.68 Å². The van der Waals surface area contributed by atoms with Crippen LogP contribution in [-0.4, -0.2) is 39.5 Å². The average molecular weight is 502 g/mol. The van der Waals surface area contributed by atoms with Crippen molar-refractivity contribution in [1.82, 2.24) is 14.7 Å². The van der Waals surface area contributed by atoms with Gasteiger partial charge >= 0.3 is 0 Å². The van der Waals surface area contributed by atoms with Gasteiger partial charge in [0.2, 0.25) is 0 Å². The van der Waals surface area contributed by atoms with Crippen molar-refractivity contribution < 1.29 is 9.59 Å². The Bertz CT molecular complexity index is 1420. The number of nitrogens with one attached hydrogen (secondary N) is 1. The summed E-state index contributed by atoms with van der Waals surface area (Å²) in [7, 11) is 0. The van der Waals surface area contributed by atoms with Crippen molar-refractivity contribution in [3.63, 3.8) is 0 Å². The molecule has 1 heterocycles. The molecule has 3 aromatic carbocycles. The van der Waals surface area contributed by atoms with E-state index in [0.29, 0.717) is 34.1 Å². The highest BCUT2D eigenvalue weighted by Crippen LogP contribution is 2.22. The first-order chi connectivity index (χ1) is 17.2. The molecule has 4 rings (SSSR count). The number of aryl methyl sites for hydroxylation is 1. The van der Waals surface area contributed by atoms with Crippen molar-refractivity contribution in [2.45, 2.75) is 20.8 Å². The van der Waals surface area contributed by atoms with Crippen molar-refractivity contribution in [3.05, 3.63) is 111 Å². The minimum Gasteiger partial charge on any atom is -0.331 e. The molecule has 6 nitrogen and oxygen atoms in total. The molecule has 0 unspecified atom stereocenters. The van der Waals surface area contributed by atoms with Crippen LogP contribution in [0.1, 0.15) is 40.1 Å². The van der Waals surface area contributed by atoms with Crippen molar-refractivity contribution in [2.75, 3.05) is 13.1 Å². The molecule has 4 aromatic rings. The fourth-order valence-electron chi connectivity index (χ4n) is 4.07. The zero-order valence-electron chi connectivity index (χ0n) is 20.5. The lowest BCUT2D eigenvalue weighted by Crippen LogP contribution is -2.39. The third kappa shape index (κ3) is 5.50. The number of aromatic amines is 1. The third-order valence-electron chi connectivity index (χ3n) is 5.82. The second-order valence-electron chi connectivity index (χ2n) is 9.21. The number of rotatable bonds is 8. The lowest BCUT2D eigenvalue weighted by Gasteiger charge is -2.24. The molecule has 0 saturated carbocycles. The summed E-state index contributed by atoms with van der Waals surface area (Å²) in [6.07, 6.45) is 0. The Hall–Kier alpha value is -3.90. The van der Waals surface area contributed by atoms with E-state index in [1.807, 2.05) is 63.2 Å². The Morgan fingerprint density at radius 3 is 2.19 bits per heavy atom. The SMILES string of the molecule is Cc1ccc(C(=O)N(CC(=O)c2c(-c3ccccc3)[nH]n(-c3ccc(Cl)cc3)c2=O)CC(C)C)cc1. The number of nitrogens with zero attached hydrogens (tertiary/aromatic N) is 2. The molecule has 0 aliphatic heterocycles. The number of H-pyrrole nitrogens is 1. The molecular weight excluding hydrogens is 474 g/mol. The second kappa shape index (κ2) is 10.8. The number of aromatic nitrogens is 2. The van der Waals surface area contributed by atoms with Crippen molar-refractivity contribution >= 4 is 23.3 Å². The molecule has 36 heavy (non-hydrogen) atoms. The summed E-state index contributed by atoms with van der Waals surface area (Å²) in [5.74, 6) is -0.534. The van der Waals surface area contributed by atoms with Crippen molar-refractivity contribution in [1.29, 1.82) is 0 Å². The maximum Gasteiger partial charge on any atom is 0.282 e. The van der Waals surface area contributed by atoms with E-state index in [1.165, 1.54) is 9.58 Å². The summed E-state index contributed by atoms with van der Waals surface area (Å²) in [6.45, 7) is 6.10. The van der Waals surface area contributed by atoms with Crippen LogP contribution in [0.4, 0.5) is 0 Å². The van der Waals surface area contributed by atoms with Crippen LogP contribution >= 0.6 is 11.6 Å². The molecule has 1 N–H and O–H groups in total. The van der Waals surface area contributed by atoms with Gasteiger partial charge in [-0.2, -0.15) is 0 Å². The van der Waals surface area contributed by atoms with E-state index in [1.54, 1.807) is 36.4 Å². The Labute approximate surface area is 215 Å². The summed E-state index contributed by atoms with van der Waals surface area (Å²) < 4.78 is 1.33. The largest absolute Gasteiger partial charge is 0.331 e. The molecule has 0 atom stereocenters. The van der Waals surface area contributed by atoms with E-state index in [9.17, 15) is 14.4 Å². The van der Waals surface area contributed by atoms with Crippen LogP contribution in [-0.2, 0) is 0 Å². The van der Waals surface area contributed by atoms with Gasteiger partial charge in [0.25, 0.3) is 11.5 Å². The number of hydrogen-bond donors (Lipinski definition) is 1. The van der Waals surface area contributed by atoms with Crippen LogP contribution in [0.2, 0.25) is 5.02 Å². The van der Waals surface area contributed by atoms with Crippen LogP contribution in [0.25, 0.3) is 16.9 Å². The predicted molar refractivity (Wildman–Crippen MR) is 143 cm³/mol. The molecule has 0 radical (unpaired) electrons. The molecule has 7 heteroatoms. The Morgan fingerprint density at radius 2 is 1.58 bits per heavy atom. The molecule has 0 bridgehead atoms. The van der Waals surface area contributed by atoms with Crippen molar-refractivity contribution in [2.24, 2.45) is 5.92 Å². The minimum atomic E-state index is -0.478. The molecule has 1 aromatic heterocycles. The van der Waals surface area contributed by atoms with E-state index >= 15 is 0 Å². The molecule has 0 aliphatic rings. The molecule has 1 amide bonds. The van der Waals surface area contributed by atoms with Gasteiger partial charge in [-0.05, 0) is 49.2 Å². The summed E-state index contributed by atoms with van der Waals surface area (Å²) in [4.78, 5) is 42.1. The van der Waals surface area contributed by atoms with E-state index in [2.05, 4.69) is 5.10 Å². The number of amides is 1. The zero-order valence-corrected chi connectivity index (χ0v) is 21.3. The maximum absolute atomic E-state index is 13.7. The molecular formula is C29H28ClN3O3. The van der Waals surface area contributed by atoms with E-state index in [0.717, 1.165) is 5.56 Å². The van der Waals surface area contributed by atoms with Gasteiger partial charge in [0.15, 0.2) is 5.78 Å². The zero-order chi connectivity index (χ0) is 25.8. The second-order valence-corrected chi connectivity index (χ2v) is 9.65.